The summed E-state index contributed by atoms with van der Waals surface area (Å²) in [7, 11) is 1.48. The molecule has 1 aliphatic rings. The van der Waals surface area contributed by atoms with Gasteiger partial charge in [-0.3, -0.25) is 4.79 Å². The van der Waals surface area contributed by atoms with Crippen LogP contribution in [0.2, 0.25) is 0 Å². The van der Waals surface area contributed by atoms with Crippen molar-refractivity contribution >= 4 is 23.8 Å². The molecule has 2 aromatic carbocycles. The van der Waals surface area contributed by atoms with Gasteiger partial charge in [0.05, 0.1) is 12.7 Å². The van der Waals surface area contributed by atoms with Gasteiger partial charge >= 0.3 is 11.9 Å². The number of carbonyl (C=O) groups excluding carboxylic acids is 2. The largest absolute Gasteiger partial charge is 0.493 e. The van der Waals surface area contributed by atoms with Crippen molar-refractivity contribution in [2.24, 2.45) is 0 Å². The van der Waals surface area contributed by atoms with Crippen molar-refractivity contribution in [1.82, 2.24) is 0 Å². The number of hydrogen-bond acceptors (Lipinski definition) is 5. The Kier molecular flexibility index (Phi) is 4.66. The first-order valence-corrected chi connectivity index (χ1v) is 7.64. The minimum atomic E-state index is -0.431. The van der Waals surface area contributed by atoms with Gasteiger partial charge in [-0.25, -0.2) is 4.79 Å². The zero-order valence-electron chi connectivity index (χ0n) is 13.8. The van der Waals surface area contributed by atoms with Crippen LogP contribution in [0.3, 0.4) is 0 Å². The number of rotatable bonds is 4. The van der Waals surface area contributed by atoms with Gasteiger partial charge in [0, 0.05) is 12.5 Å². The van der Waals surface area contributed by atoms with Gasteiger partial charge in [-0.15, -0.1) is 0 Å². The van der Waals surface area contributed by atoms with E-state index < -0.39 is 11.9 Å². The molecule has 0 atom stereocenters. The lowest BCUT2D eigenvalue weighted by molar-refractivity contribution is -0.132. The molecule has 0 bridgehead atoms. The van der Waals surface area contributed by atoms with Gasteiger partial charge < -0.3 is 14.2 Å². The van der Waals surface area contributed by atoms with Gasteiger partial charge in [-0.1, -0.05) is 36.4 Å². The van der Waals surface area contributed by atoms with Gasteiger partial charge in [-0.2, -0.15) is 0 Å². The van der Waals surface area contributed by atoms with Crippen molar-refractivity contribution < 1.29 is 23.8 Å². The number of hydrogen-bond donors (Lipinski definition) is 0. The monoisotopic (exact) mass is 336 g/mol. The summed E-state index contributed by atoms with van der Waals surface area (Å²) in [4.78, 5) is 23.2. The Morgan fingerprint density at radius 2 is 1.84 bits per heavy atom. The summed E-state index contributed by atoms with van der Waals surface area (Å²) in [6.45, 7) is 1.32. The predicted molar refractivity (Wildman–Crippen MR) is 92.8 cm³/mol. The van der Waals surface area contributed by atoms with Crippen molar-refractivity contribution in [3.05, 3.63) is 71.3 Å². The minimum absolute atomic E-state index is 0.326. The summed E-state index contributed by atoms with van der Waals surface area (Å²) in [5.74, 6) is 0.399. The van der Waals surface area contributed by atoms with Crippen molar-refractivity contribution in [3.63, 3.8) is 0 Å². The molecule has 5 nitrogen and oxygen atoms in total. The van der Waals surface area contributed by atoms with Crippen molar-refractivity contribution in [2.45, 2.75) is 6.92 Å². The van der Waals surface area contributed by atoms with E-state index in [2.05, 4.69) is 0 Å². The molecule has 0 aromatic heterocycles. The van der Waals surface area contributed by atoms with Crippen LogP contribution < -0.4 is 9.47 Å². The van der Waals surface area contributed by atoms with E-state index >= 15 is 0 Å². The lowest BCUT2D eigenvalue weighted by Gasteiger charge is -2.08. The zero-order valence-corrected chi connectivity index (χ0v) is 13.8. The number of esters is 2. The van der Waals surface area contributed by atoms with E-state index in [1.165, 1.54) is 14.0 Å². The molecule has 0 saturated carbocycles. The summed E-state index contributed by atoms with van der Waals surface area (Å²) in [6.07, 6.45) is 3.39. The van der Waals surface area contributed by atoms with Crippen LogP contribution in [0, 0.1) is 0 Å². The fourth-order valence-corrected chi connectivity index (χ4v) is 2.43. The van der Waals surface area contributed by atoms with E-state index in [-0.39, 0.29) is 0 Å². The Labute approximate surface area is 145 Å². The number of methoxy groups -OCH3 is 1. The quantitative estimate of drug-likeness (QED) is 0.485. The first-order chi connectivity index (χ1) is 12.1. The van der Waals surface area contributed by atoms with Gasteiger partial charge in [0.1, 0.15) is 5.76 Å². The Balaban J connectivity index is 1.91. The summed E-state index contributed by atoms with van der Waals surface area (Å²) in [5, 5.41) is 0. The fraction of sp³-hybridized carbons (Fsp3) is 0.100. The van der Waals surface area contributed by atoms with Crippen LogP contribution in [0.25, 0.3) is 11.8 Å². The van der Waals surface area contributed by atoms with E-state index in [4.69, 9.17) is 14.2 Å². The summed E-state index contributed by atoms with van der Waals surface area (Å²) < 4.78 is 15.6. The highest BCUT2D eigenvalue weighted by Crippen LogP contribution is 2.31. The molecule has 126 valence electrons. The van der Waals surface area contributed by atoms with Crippen LogP contribution in [0.4, 0.5) is 0 Å². The first kappa shape index (κ1) is 16.5. The number of cyclic esters (lactones) is 1. The number of ether oxygens (including phenoxy) is 3. The Bertz CT molecular complexity index is 878. The SMILES string of the molecule is COc1cc(/C=C2\C=C(c3ccccc3)OC2=O)ccc1OC(C)=O. The molecular formula is C20H16O5. The second kappa shape index (κ2) is 7.05. The molecule has 0 N–H and O–H groups in total. The maximum atomic E-state index is 12.1. The molecule has 0 amide bonds. The van der Waals surface area contributed by atoms with Crippen molar-refractivity contribution in [3.8, 4) is 11.5 Å². The highest BCUT2D eigenvalue weighted by Gasteiger charge is 2.22. The average Bonchev–Trinajstić information content (AvgIpc) is 2.97. The third kappa shape index (κ3) is 3.77. The van der Waals surface area contributed by atoms with Gasteiger partial charge in [0.15, 0.2) is 11.5 Å². The number of carbonyl (C=O) groups is 2. The molecule has 1 aliphatic heterocycles. The standard InChI is InChI=1S/C20H16O5/c1-13(21)24-17-9-8-14(11-19(17)23-2)10-16-12-18(25-20(16)22)15-6-4-3-5-7-15/h3-12H,1-2H3/b16-10+. The Morgan fingerprint density at radius 3 is 2.52 bits per heavy atom. The van der Waals surface area contributed by atoms with Crippen LogP contribution in [0.5, 0.6) is 11.5 Å². The summed E-state index contributed by atoms with van der Waals surface area (Å²) >= 11 is 0. The summed E-state index contributed by atoms with van der Waals surface area (Å²) in [5.41, 5.74) is 1.99. The van der Waals surface area contributed by atoms with E-state index in [0.29, 0.717) is 22.8 Å². The molecule has 0 spiro atoms. The van der Waals surface area contributed by atoms with Gasteiger partial charge in [-0.05, 0) is 29.8 Å². The molecule has 0 aliphatic carbocycles. The topological polar surface area (TPSA) is 61.8 Å². The highest BCUT2D eigenvalue weighted by molar-refractivity contribution is 6.05. The van der Waals surface area contributed by atoms with Crippen LogP contribution in [-0.2, 0) is 14.3 Å². The molecule has 25 heavy (non-hydrogen) atoms. The zero-order chi connectivity index (χ0) is 17.8. The predicted octanol–water partition coefficient (Wildman–Crippen LogP) is 3.60. The van der Waals surface area contributed by atoms with Crippen molar-refractivity contribution in [1.29, 1.82) is 0 Å². The third-order valence-corrected chi connectivity index (χ3v) is 3.55. The molecule has 1 heterocycles. The molecular weight excluding hydrogens is 320 g/mol. The van der Waals surface area contributed by atoms with E-state index in [1.807, 2.05) is 30.3 Å². The molecule has 0 unspecified atom stereocenters. The molecule has 0 saturated heterocycles. The Morgan fingerprint density at radius 1 is 1.08 bits per heavy atom. The molecule has 2 aromatic rings. The second-order valence-corrected chi connectivity index (χ2v) is 5.37. The lowest BCUT2D eigenvalue weighted by atomic mass is 10.1. The van der Waals surface area contributed by atoms with Crippen LogP contribution in [0.15, 0.2) is 60.2 Å². The average molecular weight is 336 g/mol. The van der Waals surface area contributed by atoms with E-state index in [1.54, 1.807) is 30.4 Å². The molecule has 3 rings (SSSR count). The van der Waals surface area contributed by atoms with E-state index in [9.17, 15) is 9.59 Å². The maximum absolute atomic E-state index is 12.1. The smallest absolute Gasteiger partial charge is 0.343 e. The molecule has 0 fully saturated rings. The third-order valence-electron chi connectivity index (χ3n) is 3.55. The van der Waals surface area contributed by atoms with Gasteiger partial charge in [0.25, 0.3) is 0 Å². The first-order valence-electron chi connectivity index (χ1n) is 7.64. The molecule has 5 heteroatoms. The second-order valence-electron chi connectivity index (χ2n) is 5.37. The maximum Gasteiger partial charge on any atom is 0.343 e. The fourth-order valence-electron chi connectivity index (χ4n) is 2.43. The molecule has 0 radical (unpaired) electrons. The van der Waals surface area contributed by atoms with Crippen LogP contribution in [0.1, 0.15) is 18.1 Å². The van der Waals surface area contributed by atoms with E-state index in [0.717, 1.165) is 11.1 Å². The summed E-state index contributed by atoms with van der Waals surface area (Å²) in [6, 6.07) is 14.4. The van der Waals surface area contributed by atoms with Crippen LogP contribution >= 0.6 is 0 Å². The van der Waals surface area contributed by atoms with Crippen molar-refractivity contribution in [2.75, 3.05) is 7.11 Å². The lowest BCUT2D eigenvalue weighted by Crippen LogP contribution is -2.03. The minimum Gasteiger partial charge on any atom is -0.493 e. The van der Waals surface area contributed by atoms with Gasteiger partial charge in [0.2, 0.25) is 0 Å². The number of benzene rings is 2. The normalized spacial score (nSPS) is 14.9. The van der Waals surface area contributed by atoms with Crippen LogP contribution in [-0.4, -0.2) is 19.0 Å². The Hall–Kier alpha value is -3.34. The highest BCUT2D eigenvalue weighted by atomic mass is 16.6.